The van der Waals surface area contributed by atoms with Gasteiger partial charge < -0.3 is 10.2 Å². The van der Waals surface area contributed by atoms with Crippen molar-refractivity contribution in [1.29, 1.82) is 0 Å². The Kier molecular flexibility index (Phi) is 7.25. The van der Waals surface area contributed by atoms with E-state index in [0.29, 0.717) is 13.1 Å². The van der Waals surface area contributed by atoms with Crippen molar-refractivity contribution >= 4 is 29.1 Å². The smallest absolute Gasteiger partial charge is 0.317 e. The van der Waals surface area contributed by atoms with Crippen LogP contribution in [0.2, 0.25) is 0 Å². The highest BCUT2D eigenvalue weighted by Gasteiger charge is 2.12. The lowest BCUT2D eigenvalue weighted by Crippen LogP contribution is -2.40. The highest BCUT2D eigenvalue weighted by atomic mass is 32.2. The number of thiophene rings is 1. The molecule has 0 fully saturated rings. The Balaban J connectivity index is 1.73. The number of carbonyl (C=O) groups excluding carboxylic acids is 1. The molecule has 0 saturated heterocycles. The summed E-state index contributed by atoms with van der Waals surface area (Å²) in [6, 6.07) is 7.93. The van der Waals surface area contributed by atoms with E-state index >= 15 is 0 Å². The van der Waals surface area contributed by atoms with Crippen molar-refractivity contribution in [3.05, 3.63) is 46.8 Å². The third kappa shape index (κ3) is 5.69. The van der Waals surface area contributed by atoms with Gasteiger partial charge in [-0.05, 0) is 40.9 Å². The molecular formula is C16H21N3OS2. The van der Waals surface area contributed by atoms with E-state index in [-0.39, 0.29) is 6.03 Å². The fourth-order valence-electron chi connectivity index (χ4n) is 1.98. The van der Waals surface area contributed by atoms with Crippen LogP contribution in [0, 0.1) is 0 Å². The molecule has 0 atom stereocenters. The fourth-order valence-corrected chi connectivity index (χ4v) is 3.37. The lowest BCUT2D eigenvalue weighted by molar-refractivity contribution is 0.196. The number of hydrogen-bond acceptors (Lipinski definition) is 4. The molecule has 0 unspecified atom stereocenters. The maximum atomic E-state index is 12.3. The zero-order valence-electron chi connectivity index (χ0n) is 12.7. The van der Waals surface area contributed by atoms with Crippen molar-refractivity contribution in [3.8, 4) is 0 Å². The molecule has 2 rings (SSSR count). The van der Waals surface area contributed by atoms with Crippen LogP contribution in [-0.4, -0.2) is 34.8 Å². The summed E-state index contributed by atoms with van der Waals surface area (Å²) in [4.78, 5) is 18.4. The van der Waals surface area contributed by atoms with Gasteiger partial charge in [0.15, 0.2) is 0 Å². The fraction of sp³-hybridized carbons (Fsp3) is 0.375. The van der Waals surface area contributed by atoms with Crippen molar-refractivity contribution in [1.82, 2.24) is 15.2 Å². The quantitative estimate of drug-likeness (QED) is 0.588. The summed E-state index contributed by atoms with van der Waals surface area (Å²) in [5.74, 6) is 0.821. The lowest BCUT2D eigenvalue weighted by Gasteiger charge is -2.22. The minimum atomic E-state index is 0.00895. The van der Waals surface area contributed by atoms with Crippen LogP contribution in [-0.2, 0) is 6.54 Å². The second kappa shape index (κ2) is 9.48. The first-order chi connectivity index (χ1) is 10.8. The van der Waals surface area contributed by atoms with Crippen molar-refractivity contribution in [2.45, 2.75) is 24.9 Å². The van der Waals surface area contributed by atoms with Crippen LogP contribution in [0.5, 0.6) is 0 Å². The molecule has 22 heavy (non-hydrogen) atoms. The van der Waals surface area contributed by atoms with Gasteiger partial charge >= 0.3 is 6.03 Å². The standard InChI is InChI=1S/C16H21N3OS2/c1-2-9-19(12-14-6-10-21-13-14)16(20)18-8-11-22-15-5-3-4-7-17-15/h3-7,10,13H,2,8-9,11-12H2,1H3,(H,18,20). The second-order valence-electron chi connectivity index (χ2n) is 4.80. The summed E-state index contributed by atoms with van der Waals surface area (Å²) in [6.07, 6.45) is 2.74. The first-order valence-corrected chi connectivity index (χ1v) is 9.30. The van der Waals surface area contributed by atoms with Crippen LogP contribution in [0.1, 0.15) is 18.9 Å². The van der Waals surface area contributed by atoms with E-state index in [4.69, 9.17) is 0 Å². The number of amides is 2. The summed E-state index contributed by atoms with van der Waals surface area (Å²) in [5, 5.41) is 8.11. The number of rotatable bonds is 8. The number of thioether (sulfide) groups is 1. The molecule has 0 aliphatic rings. The second-order valence-corrected chi connectivity index (χ2v) is 6.70. The number of pyridine rings is 1. The molecule has 6 heteroatoms. The molecule has 0 spiro atoms. The summed E-state index contributed by atoms with van der Waals surface area (Å²) < 4.78 is 0. The Hall–Kier alpha value is -1.53. The summed E-state index contributed by atoms with van der Waals surface area (Å²) >= 11 is 3.31. The van der Waals surface area contributed by atoms with Gasteiger partial charge in [0.25, 0.3) is 0 Å². The molecule has 0 aliphatic carbocycles. The first-order valence-electron chi connectivity index (χ1n) is 7.37. The monoisotopic (exact) mass is 335 g/mol. The summed E-state index contributed by atoms with van der Waals surface area (Å²) in [5.41, 5.74) is 1.19. The molecule has 1 N–H and O–H groups in total. The van der Waals surface area contributed by atoms with Crippen molar-refractivity contribution in [3.63, 3.8) is 0 Å². The number of carbonyl (C=O) groups is 1. The van der Waals surface area contributed by atoms with Crippen molar-refractivity contribution in [2.24, 2.45) is 0 Å². The minimum Gasteiger partial charge on any atom is -0.337 e. The highest BCUT2D eigenvalue weighted by molar-refractivity contribution is 7.99. The lowest BCUT2D eigenvalue weighted by atomic mass is 10.3. The molecular weight excluding hydrogens is 314 g/mol. The van der Waals surface area contributed by atoms with Gasteiger partial charge in [-0.1, -0.05) is 13.0 Å². The van der Waals surface area contributed by atoms with E-state index in [0.717, 1.165) is 23.7 Å². The van der Waals surface area contributed by atoms with Crippen LogP contribution in [0.25, 0.3) is 0 Å². The van der Waals surface area contributed by atoms with Gasteiger partial charge in [0.1, 0.15) is 0 Å². The molecule has 0 radical (unpaired) electrons. The SMILES string of the molecule is CCCN(Cc1ccsc1)C(=O)NCCSc1ccccn1. The third-order valence-corrected chi connectivity index (χ3v) is 4.68. The molecule has 4 nitrogen and oxygen atoms in total. The summed E-state index contributed by atoms with van der Waals surface area (Å²) in [7, 11) is 0. The van der Waals surface area contributed by atoms with Gasteiger partial charge in [0, 0.05) is 31.6 Å². The van der Waals surface area contributed by atoms with E-state index in [2.05, 4.69) is 28.7 Å². The van der Waals surface area contributed by atoms with Gasteiger partial charge in [-0.2, -0.15) is 11.3 Å². The van der Waals surface area contributed by atoms with Crippen LogP contribution >= 0.6 is 23.1 Å². The zero-order chi connectivity index (χ0) is 15.6. The maximum Gasteiger partial charge on any atom is 0.317 e. The molecule has 0 saturated carbocycles. The van der Waals surface area contributed by atoms with Gasteiger partial charge in [-0.15, -0.1) is 11.8 Å². The maximum absolute atomic E-state index is 12.3. The normalized spacial score (nSPS) is 10.4. The van der Waals surface area contributed by atoms with Crippen LogP contribution in [0.4, 0.5) is 4.79 Å². The van der Waals surface area contributed by atoms with E-state index in [1.165, 1.54) is 5.56 Å². The van der Waals surface area contributed by atoms with E-state index in [9.17, 15) is 4.79 Å². The Morgan fingerprint density at radius 1 is 1.41 bits per heavy atom. The zero-order valence-corrected chi connectivity index (χ0v) is 14.3. The van der Waals surface area contributed by atoms with Gasteiger partial charge in [-0.25, -0.2) is 9.78 Å². The van der Waals surface area contributed by atoms with Gasteiger partial charge in [0.2, 0.25) is 0 Å². The Morgan fingerprint density at radius 3 is 3.00 bits per heavy atom. The number of hydrogen-bond donors (Lipinski definition) is 1. The third-order valence-electron chi connectivity index (χ3n) is 3.00. The number of nitrogens with one attached hydrogen (secondary N) is 1. The number of nitrogens with zero attached hydrogens (tertiary/aromatic N) is 2. The Morgan fingerprint density at radius 2 is 2.32 bits per heavy atom. The average molecular weight is 335 g/mol. The van der Waals surface area contributed by atoms with Gasteiger partial charge in [0.05, 0.1) is 5.03 Å². The average Bonchev–Trinajstić information content (AvgIpc) is 3.05. The molecule has 2 aromatic rings. The highest BCUT2D eigenvalue weighted by Crippen LogP contribution is 2.13. The molecule has 2 aromatic heterocycles. The first kappa shape index (κ1) is 16.8. The number of aromatic nitrogens is 1. The van der Waals surface area contributed by atoms with Crippen molar-refractivity contribution in [2.75, 3.05) is 18.8 Å². The topological polar surface area (TPSA) is 45.2 Å². The van der Waals surface area contributed by atoms with E-state index in [1.54, 1.807) is 29.3 Å². The Bertz CT molecular complexity index is 546. The molecule has 0 aromatic carbocycles. The molecule has 0 aliphatic heterocycles. The van der Waals surface area contributed by atoms with Crippen LogP contribution in [0.3, 0.4) is 0 Å². The molecule has 2 amide bonds. The van der Waals surface area contributed by atoms with Gasteiger partial charge in [-0.3, -0.25) is 0 Å². The van der Waals surface area contributed by atoms with E-state index < -0.39 is 0 Å². The predicted octanol–water partition coefficient (Wildman–Crippen LogP) is 3.86. The van der Waals surface area contributed by atoms with E-state index in [1.807, 2.05) is 28.5 Å². The predicted molar refractivity (Wildman–Crippen MR) is 93.4 cm³/mol. The summed E-state index contributed by atoms with van der Waals surface area (Å²) in [6.45, 7) is 4.18. The van der Waals surface area contributed by atoms with Crippen LogP contribution in [0.15, 0.2) is 46.2 Å². The molecule has 0 bridgehead atoms. The van der Waals surface area contributed by atoms with Crippen molar-refractivity contribution < 1.29 is 4.79 Å². The molecule has 118 valence electrons. The minimum absolute atomic E-state index is 0.00895. The largest absolute Gasteiger partial charge is 0.337 e. The Labute approximate surface area is 139 Å². The number of urea groups is 1. The van der Waals surface area contributed by atoms with Crippen LogP contribution < -0.4 is 5.32 Å². The molecule has 2 heterocycles.